The number of anilines is 1. The van der Waals surface area contributed by atoms with Gasteiger partial charge in [0, 0.05) is 11.8 Å². The summed E-state index contributed by atoms with van der Waals surface area (Å²) in [5.41, 5.74) is 4.57. The molecule has 1 amide bonds. The molecule has 1 rings (SSSR count). The molecule has 0 saturated carbocycles. The van der Waals surface area contributed by atoms with E-state index in [0.717, 1.165) is 17.0 Å². The number of ether oxygens (including phenoxy) is 2. The lowest BCUT2D eigenvalue weighted by atomic mass is 10.2. The minimum absolute atomic E-state index is 0.0399. The summed E-state index contributed by atoms with van der Waals surface area (Å²) < 4.78 is 45.8. The highest BCUT2D eigenvalue weighted by molar-refractivity contribution is 5.98. The van der Waals surface area contributed by atoms with Crippen molar-refractivity contribution >= 4 is 17.6 Å². The fourth-order valence-corrected chi connectivity index (χ4v) is 1.79. The third kappa shape index (κ3) is 6.86. The first-order chi connectivity index (χ1) is 10.9. The second kappa shape index (κ2) is 7.52. The number of carbonyl (C=O) groups excluding carboxylic acids is 2. The molecular weight excluding hydrogens is 329 g/mol. The van der Waals surface area contributed by atoms with E-state index in [1.165, 1.54) is 12.1 Å². The molecule has 0 aliphatic heterocycles. The van der Waals surface area contributed by atoms with Gasteiger partial charge in [-0.3, -0.25) is 14.5 Å². The van der Waals surface area contributed by atoms with E-state index in [1.807, 2.05) is 0 Å². The van der Waals surface area contributed by atoms with E-state index in [2.05, 4.69) is 4.74 Å². The van der Waals surface area contributed by atoms with Crippen LogP contribution >= 0.6 is 0 Å². The molecular formula is C15H19F3N2O4. The standard InChI is InChI=1S/C15H19F3N2O4/c1-14(2,3)24-13(22)9-20(12(21)8-19)10-5-4-6-11(7-10)23-15(16,17)18/h4-7H,8-9,19H2,1-3H3. The van der Waals surface area contributed by atoms with Crippen LogP contribution in [-0.4, -0.2) is 36.9 Å². The molecule has 24 heavy (non-hydrogen) atoms. The molecule has 0 aliphatic rings. The third-order valence-corrected chi connectivity index (χ3v) is 2.55. The molecule has 6 nitrogen and oxygen atoms in total. The Hall–Kier alpha value is -2.29. The van der Waals surface area contributed by atoms with Gasteiger partial charge in [0.25, 0.3) is 0 Å². The number of alkyl halides is 3. The number of hydrogen-bond acceptors (Lipinski definition) is 5. The first-order valence-electron chi connectivity index (χ1n) is 6.99. The van der Waals surface area contributed by atoms with Crippen LogP contribution in [0.15, 0.2) is 24.3 Å². The van der Waals surface area contributed by atoms with Crippen LogP contribution in [0.4, 0.5) is 18.9 Å². The molecule has 0 bridgehead atoms. The number of carbonyl (C=O) groups is 2. The van der Waals surface area contributed by atoms with Gasteiger partial charge in [-0.1, -0.05) is 6.07 Å². The first kappa shape index (κ1) is 19.8. The van der Waals surface area contributed by atoms with Crippen LogP contribution in [0.5, 0.6) is 5.75 Å². The van der Waals surface area contributed by atoms with Crippen LogP contribution in [0, 0.1) is 0 Å². The summed E-state index contributed by atoms with van der Waals surface area (Å²) in [6.07, 6.45) is -4.87. The van der Waals surface area contributed by atoms with E-state index < -0.39 is 42.7 Å². The number of esters is 1. The van der Waals surface area contributed by atoms with Crippen molar-refractivity contribution in [2.45, 2.75) is 32.7 Å². The average Bonchev–Trinajstić information content (AvgIpc) is 2.40. The van der Waals surface area contributed by atoms with Crippen LogP contribution in [0.3, 0.4) is 0 Å². The maximum absolute atomic E-state index is 12.3. The monoisotopic (exact) mass is 348 g/mol. The average molecular weight is 348 g/mol. The molecule has 2 N–H and O–H groups in total. The zero-order valence-electron chi connectivity index (χ0n) is 13.5. The molecule has 1 aromatic rings. The van der Waals surface area contributed by atoms with E-state index in [1.54, 1.807) is 20.8 Å². The lowest BCUT2D eigenvalue weighted by Gasteiger charge is -2.25. The molecule has 0 spiro atoms. The van der Waals surface area contributed by atoms with Crippen molar-refractivity contribution in [1.82, 2.24) is 0 Å². The Bertz CT molecular complexity index is 597. The SMILES string of the molecule is CC(C)(C)OC(=O)CN(C(=O)CN)c1cccc(OC(F)(F)F)c1. The van der Waals surface area contributed by atoms with E-state index in [4.69, 9.17) is 10.5 Å². The van der Waals surface area contributed by atoms with Crippen LogP contribution in [0.1, 0.15) is 20.8 Å². The highest BCUT2D eigenvalue weighted by Crippen LogP contribution is 2.27. The molecule has 1 aromatic carbocycles. The topological polar surface area (TPSA) is 81.9 Å². The predicted molar refractivity (Wildman–Crippen MR) is 80.4 cm³/mol. The molecule has 0 unspecified atom stereocenters. The van der Waals surface area contributed by atoms with Gasteiger partial charge in [-0.15, -0.1) is 13.2 Å². The maximum atomic E-state index is 12.3. The maximum Gasteiger partial charge on any atom is 0.573 e. The van der Waals surface area contributed by atoms with Gasteiger partial charge in [0.15, 0.2) is 0 Å². The minimum atomic E-state index is -4.87. The second-order valence-corrected chi connectivity index (χ2v) is 5.82. The molecule has 9 heteroatoms. The Labute approximate surface area is 137 Å². The minimum Gasteiger partial charge on any atom is -0.459 e. The normalized spacial score (nSPS) is 11.8. The Morgan fingerprint density at radius 1 is 1.21 bits per heavy atom. The van der Waals surface area contributed by atoms with Gasteiger partial charge < -0.3 is 15.2 Å². The summed E-state index contributed by atoms with van der Waals surface area (Å²) in [5, 5.41) is 0. The summed E-state index contributed by atoms with van der Waals surface area (Å²) in [7, 11) is 0. The molecule has 0 fully saturated rings. The second-order valence-electron chi connectivity index (χ2n) is 5.82. The number of halogens is 3. The number of nitrogens with two attached hydrogens (primary N) is 1. The smallest absolute Gasteiger partial charge is 0.459 e. The summed E-state index contributed by atoms with van der Waals surface area (Å²) >= 11 is 0. The van der Waals surface area contributed by atoms with Crippen molar-refractivity contribution in [1.29, 1.82) is 0 Å². The van der Waals surface area contributed by atoms with Crippen LogP contribution in [0.2, 0.25) is 0 Å². The molecule has 0 saturated heterocycles. The van der Waals surface area contributed by atoms with Crippen molar-refractivity contribution in [3.8, 4) is 5.75 Å². The van der Waals surface area contributed by atoms with Crippen molar-refractivity contribution in [3.63, 3.8) is 0 Å². The third-order valence-electron chi connectivity index (χ3n) is 2.55. The highest BCUT2D eigenvalue weighted by Gasteiger charge is 2.31. The van der Waals surface area contributed by atoms with Gasteiger partial charge in [-0.05, 0) is 32.9 Å². The first-order valence-corrected chi connectivity index (χ1v) is 6.99. The van der Waals surface area contributed by atoms with Crippen molar-refractivity contribution in [2.75, 3.05) is 18.0 Å². The fraction of sp³-hybridized carbons (Fsp3) is 0.467. The zero-order chi connectivity index (χ0) is 18.5. The Morgan fingerprint density at radius 3 is 2.33 bits per heavy atom. The lowest BCUT2D eigenvalue weighted by Crippen LogP contribution is -2.41. The molecule has 0 atom stereocenters. The number of benzene rings is 1. The van der Waals surface area contributed by atoms with Gasteiger partial charge in [-0.25, -0.2) is 0 Å². The van der Waals surface area contributed by atoms with E-state index in [-0.39, 0.29) is 5.69 Å². The van der Waals surface area contributed by atoms with Crippen LogP contribution < -0.4 is 15.4 Å². The number of amides is 1. The predicted octanol–water partition coefficient (Wildman–Crippen LogP) is 2.22. The number of nitrogens with zero attached hydrogens (tertiary/aromatic N) is 1. The van der Waals surface area contributed by atoms with Gasteiger partial charge in [-0.2, -0.15) is 0 Å². The summed E-state index contributed by atoms with van der Waals surface area (Å²) in [6.45, 7) is 4.04. The summed E-state index contributed by atoms with van der Waals surface area (Å²) in [5.74, 6) is -1.88. The van der Waals surface area contributed by atoms with Gasteiger partial charge in [0.1, 0.15) is 17.9 Å². The van der Waals surface area contributed by atoms with E-state index in [0.29, 0.717) is 0 Å². The van der Waals surface area contributed by atoms with Crippen molar-refractivity contribution in [2.24, 2.45) is 5.73 Å². The Kier molecular flexibility index (Phi) is 6.19. The summed E-state index contributed by atoms with van der Waals surface area (Å²) in [4.78, 5) is 24.8. The molecule has 0 aliphatic carbocycles. The molecule has 134 valence electrons. The quantitative estimate of drug-likeness (QED) is 0.825. The van der Waals surface area contributed by atoms with Crippen LogP contribution in [-0.2, 0) is 14.3 Å². The molecule has 0 aromatic heterocycles. The van der Waals surface area contributed by atoms with Crippen LogP contribution in [0.25, 0.3) is 0 Å². The fourth-order valence-electron chi connectivity index (χ4n) is 1.79. The Morgan fingerprint density at radius 2 is 1.83 bits per heavy atom. The largest absolute Gasteiger partial charge is 0.573 e. The van der Waals surface area contributed by atoms with Crippen molar-refractivity contribution in [3.05, 3.63) is 24.3 Å². The van der Waals surface area contributed by atoms with Crippen molar-refractivity contribution < 1.29 is 32.2 Å². The summed E-state index contributed by atoms with van der Waals surface area (Å²) in [6, 6.07) is 4.70. The van der Waals surface area contributed by atoms with Gasteiger partial charge in [0.2, 0.25) is 5.91 Å². The van der Waals surface area contributed by atoms with Gasteiger partial charge >= 0.3 is 12.3 Å². The Balaban J connectivity index is 3.02. The van der Waals surface area contributed by atoms with E-state index >= 15 is 0 Å². The van der Waals surface area contributed by atoms with E-state index in [9.17, 15) is 22.8 Å². The van der Waals surface area contributed by atoms with Gasteiger partial charge in [0.05, 0.1) is 6.54 Å². The highest BCUT2D eigenvalue weighted by atomic mass is 19.4. The molecule has 0 heterocycles. The molecule has 0 radical (unpaired) electrons. The zero-order valence-corrected chi connectivity index (χ0v) is 13.5. The lowest BCUT2D eigenvalue weighted by molar-refractivity contribution is -0.274. The number of rotatable bonds is 5. The number of hydrogen-bond donors (Lipinski definition) is 1.